The average Bonchev–Trinajstić information content (AvgIpc) is 2.40. The van der Waals surface area contributed by atoms with Crippen LogP contribution < -0.4 is 10.5 Å². The van der Waals surface area contributed by atoms with E-state index in [0.29, 0.717) is 12.1 Å². The van der Waals surface area contributed by atoms with Gasteiger partial charge in [0, 0.05) is 6.54 Å². The number of benzene rings is 1. The summed E-state index contributed by atoms with van der Waals surface area (Å²) in [6.45, 7) is 1.14. The highest BCUT2D eigenvalue weighted by molar-refractivity contribution is 7.89. The predicted octanol–water partition coefficient (Wildman–Crippen LogP) is 0.509. The van der Waals surface area contributed by atoms with E-state index in [9.17, 15) is 12.8 Å². The van der Waals surface area contributed by atoms with E-state index in [-0.39, 0.29) is 4.90 Å². The first-order valence-corrected chi connectivity index (χ1v) is 6.58. The van der Waals surface area contributed by atoms with Crippen LogP contribution in [0.5, 0.6) is 0 Å². The molecule has 88 valence electrons. The molecule has 0 spiro atoms. The number of hydrogen-bond acceptors (Lipinski definition) is 3. The van der Waals surface area contributed by atoms with Crippen molar-refractivity contribution < 1.29 is 12.8 Å². The largest absolute Gasteiger partial charge is 0.313 e. The van der Waals surface area contributed by atoms with Gasteiger partial charge in [0.15, 0.2) is 0 Å². The van der Waals surface area contributed by atoms with E-state index in [1.54, 1.807) is 6.07 Å². The summed E-state index contributed by atoms with van der Waals surface area (Å²) in [6, 6.07) is 2.80. The van der Waals surface area contributed by atoms with Gasteiger partial charge in [-0.3, -0.25) is 0 Å². The highest BCUT2D eigenvalue weighted by Gasteiger charge is 2.22. The minimum Gasteiger partial charge on any atom is -0.313 e. The second-order valence-electron chi connectivity index (χ2n) is 3.84. The molecule has 0 amide bonds. The van der Waals surface area contributed by atoms with Gasteiger partial charge in [0.2, 0.25) is 10.0 Å². The van der Waals surface area contributed by atoms with Gasteiger partial charge in [-0.15, -0.1) is 0 Å². The molecule has 16 heavy (non-hydrogen) atoms. The topological polar surface area (TPSA) is 72.2 Å². The summed E-state index contributed by atoms with van der Waals surface area (Å²) < 4.78 is 36.2. The van der Waals surface area contributed by atoms with Crippen LogP contribution in [-0.4, -0.2) is 15.0 Å². The van der Waals surface area contributed by atoms with Crippen molar-refractivity contribution in [3.8, 4) is 0 Å². The molecule has 6 heteroatoms. The maximum atomic E-state index is 13.5. The third kappa shape index (κ3) is 2.09. The molecule has 0 bridgehead atoms. The summed E-state index contributed by atoms with van der Waals surface area (Å²) in [5.41, 5.74) is 1.33. The van der Waals surface area contributed by atoms with Gasteiger partial charge in [0.25, 0.3) is 0 Å². The fourth-order valence-corrected chi connectivity index (χ4v) is 2.88. The fourth-order valence-electron chi connectivity index (χ4n) is 1.99. The fraction of sp³-hybridized carbons (Fsp3) is 0.400. The van der Waals surface area contributed by atoms with Crippen LogP contribution in [0.15, 0.2) is 17.0 Å². The van der Waals surface area contributed by atoms with Crippen LogP contribution in [0.4, 0.5) is 4.39 Å². The van der Waals surface area contributed by atoms with Gasteiger partial charge in [-0.05, 0) is 36.6 Å². The number of primary sulfonamides is 1. The number of nitrogens with two attached hydrogens (primary N) is 1. The van der Waals surface area contributed by atoms with Crippen LogP contribution in [0.3, 0.4) is 0 Å². The van der Waals surface area contributed by atoms with Gasteiger partial charge in [-0.1, -0.05) is 6.07 Å². The van der Waals surface area contributed by atoms with E-state index in [1.807, 2.05) is 0 Å². The molecule has 1 heterocycles. The number of aryl methyl sites for hydroxylation is 1. The van der Waals surface area contributed by atoms with E-state index in [2.05, 4.69) is 5.32 Å². The first-order chi connectivity index (χ1) is 7.50. The van der Waals surface area contributed by atoms with Crippen molar-refractivity contribution in [1.29, 1.82) is 0 Å². The predicted molar refractivity (Wildman–Crippen MR) is 57.8 cm³/mol. The molecule has 4 nitrogen and oxygen atoms in total. The quantitative estimate of drug-likeness (QED) is 0.756. The molecule has 2 rings (SSSR count). The molecule has 0 saturated carbocycles. The Hall–Kier alpha value is -0.980. The van der Waals surface area contributed by atoms with E-state index in [4.69, 9.17) is 5.14 Å². The summed E-state index contributed by atoms with van der Waals surface area (Å²) in [4.78, 5) is -0.362. The van der Waals surface area contributed by atoms with Crippen LogP contribution >= 0.6 is 0 Å². The van der Waals surface area contributed by atoms with Crippen molar-refractivity contribution >= 4 is 10.0 Å². The lowest BCUT2D eigenvalue weighted by Crippen LogP contribution is -2.20. The molecule has 0 saturated heterocycles. The molecule has 0 fully saturated rings. The van der Waals surface area contributed by atoms with Crippen molar-refractivity contribution in [1.82, 2.24) is 5.32 Å². The summed E-state index contributed by atoms with van der Waals surface area (Å²) in [5, 5.41) is 8.09. The second kappa shape index (κ2) is 4.12. The van der Waals surface area contributed by atoms with E-state index < -0.39 is 15.8 Å². The molecule has 0 unspecified atom stereocenters. The average molecular weight is 244 g/mol. The summed E-state index contributed by atoms with van der Waals surface area (Å²) in [5.74, 6) is -0.773. The Morgan fingerprint density at radius 3 is 2.81 bits per heavy atom. The van der Waals surface area contributed by atoms with E-state index in [0.717, 1.165) is 24.9 Å². The minimum absolute atomic E-state index is 0.346. The summed E-state index contributed by atoms with van der Waals surface area (Å²) >= 11 is 0. The maximum absolute atomic E-state index is 13.5. The summed E-state index contributed by atoms with van der Waals surface area (Å²) in [7, 11) is -4.01. The van der Waals surface area contributed by atoms with Crippen molar-refractivity contribution in [2.24, 2.45) is 5.14 Å². The molecule has 0 aromatic heterocycles. The van der Waals surface area contributed by atoms with Crippen LogP contribution in [0.25, 0.3) is 0 Å². The normalized spacial score (nSPS) is 16.6. The monoisotopic (exact) mass is 244 g/mol. The number of nitrogens with one attached hydrogen (secondary N) is 1. The Labute approximate surface area is 93.7 Å². The van der Waals surface area contributed by atoms with Crippen LogP contribution in [0.2, 0.25) is 0 Å². The van der Waals surface area contributed by atoms with Gasteiger partial charge in [0.05, 0.1) is 0 Å². The molecule has 0 aliphatic carbocycles. The SMILES string of the molecule is NS(=O)(=O)c1c(F)ccc2c1CNCCC2. The molecule has 1 aliphatic rings. The molecule has 0 radical (unpaired) electrons. The zero-order chi connectivity index (χ0) is 11.8. The standard InChI is InChI=1S/C10H13FN2O2S/c11-9-4-3-7-2-1-5-13-6-8(7)10(9)16(12,14)15/h3-4,13H,1-2,5-6H2,(H2,12,14,15). The zero-order valence-electron chi connectivity index (χ0n) is 8.66. The number of sulfonamides is 1. The highest BCUT2D eigenvalue weighted by Crippen LogP contribution is 2.24. The number of hydrogen-bond donors (Lipinski definition) is 2. The van der Waals surface area contributed by atoms with Crippen LogP contribution in [0.1, 0.15) is 17.5 Å². The van der Waals surface area contributed by atoms with Crippen molar-refractivity contribution in [2.75, 3.05) is 6.54 Å². The Balaban J connectivity index is 2.67. The van der Waals surface area contributed by atoms with Crippen molar-refractivity contribution in [3.05, 3.63) is 29.1 Å². The van der Waals surface area contributed by atoms with Gasteiger partial charge < -0.3 is 5.32 Å². The Morgan fingerprint density at radius 2 is 2.12 bits per heavy atom. The lowest BCUT2D eigenvalue weighted by Gasteiger charge is -2.11. The van der Waals surface area contributed by atoms with E-state index >= 15 is 0 Å². The lowest BCUT2D eigenvalue weighted by atomic mass is 10.0. The smallest absolute Gasteiger partial charge is 0.241 e. The Kier molecular flexibility index (Phi) is 2.96. The third-order valence-electron chi connectivity index (χ3n) is 2.70. The number of rotatable bonds is 1. The van der Waals surface area contributed by atoms with Crippen molar-refractivity contribution in [3.63, 3.8) is 0 Å². The molecule has 0 atom stereocenters. The van der Waals surface area contributed by atoms with Gasteiger partial charge in [-0.2, -0.15) is 0 Å². The highest BCUT2D eigenvalue weighted by atomic mass is 32.2. The molecular formula is C10H13FN2O2S. The molecule has 1 aromatic carbocycles. The van der Waals surface area contributed by atoms with Gasteiger partial charge >= 0.3 is 0 Å². The minimum atomic E-state index is -4.01. The Morgan fingerprint density at radius 1 is 1.38 bits per heavy atom. The summed E-state index contributed by atoms with van der Waals surface area (Å²) in [6.07, 6.45) is 1.65. The second-order valence-corrected chi connectivity index (χ2v) is 5.34. The van der Waals surface area contributed by atoms with Crippen LogP contribution in [0, 0.1) is 5.82 Å². The van der Waals surface area contributed by atoms with Crippen LogP contribution in [-0.2, 0) is 23.0 Å². The number of halogens is 1. The van der Waals surface area contributed by atoms with Gasteiger partial charge in [0.1, 0.15) is 10.7 Å². The molecule has 1 aliphatic heterocycles. The van der Waals surface area contributed by atoms with E-state index in [1.165, 1.54) is 6.07 Å². The first kappa shape index (κ1) is 11.5. The zero-order valence-corrected chi connectivity index (χ0v) is 9.48. The van der Waals surface area contributed by atoms with Crippen molar-refractivity contribution in [2.45, 2.75) is 24.3 Å². The van der Waals surface area contributed by atoms with Gasteiger partial charge in [-0.25, -0.2) is 17.9 Å². The maximum Gasteiger partial charge on any atom is 0.241 e. The lowest BCUT2D eigenvalue weighted by molar-refractivity contribution is 0.560. The molecule has 3 N–H and O–H groups in total. The third-order valence-corrected chi connectivity index (χ3v) is 3.71. The first-order valence-electron chi connectivity index (χ1n) is 5.04. The molecule has 1 aromatic rings. The number of fused-ring (bicyclic) bond motifs is 1. The Bertz CT molecular complexity index is 514. The molecular weight excluding hydrogens is 231 g/mol.